The van der Waals surface area contributed by atoms with E-state index in [1.807, 2.05) is 18.2 Å². The van der Waals surface area contributed by atoms with E-state index in [1.165, 1.54) is 0 Å². The topological polar surface area (TPSA) is 33.0 Å². The lowest BCUT2D eigenvalue weighted by atomic mass is 9.75. The first-order valence-corrected chi connectivity index (χ1v) is 5.66. The average molecular weight is 225 g/mol. The molecule has 1 aromatic carbocycles. The highest BCUT2D eigenvalue weighted by Crippen LogP contribution is 2.35. The minimum absolute atomic E-state index is 0.334. The van der Waals surface area contributed by atoms with Gasteiger partial charge in [0.25, 0.3) is 0 Å². The molecule has 0 aromatic heterocycles. The Morgan fingerprint density at radius 2 is 2.12 bits per heavy atom. The van der Waals surface area contributed by atoms with Crippen LogP contribution in [0.4, 0.5) is 0 Å². The van der Waals surface area contributed by atoms with Gasteiger partial charge in [-0.3, -0.25) is 0 Å². The van der Waals surface area contributed by atoms with Crippen LogP contribution in [-0.4, -0.2) is 7.11 Å². The Hall–Kier alpha value is -2.01. The van der Waals surface area contributed by atoms with Crippen LogP contribution in [0.25, 0.3) is 0 Å². The summed E-state index contributed by atoms with van der Waals surface area (Å²) in [6.45, 7) is 0. The lowest BCUT2D eigenvalue weighted by Gasteiger charge is -2.29. The number of benzene rings is 1. The molecule has 1 aliphatic rings. The van der Waals surface area contributed by atoms with E-state index in [0.29, 0.717) is 6.42 Å². The van der Waals surface area contributed by atoms with Crippen LogP contribution in [-0.2, 0) is 10.2 Å². The highest BCUT2D eigenvalue weighted by molar-refractivity contribution is 5.41. The number of hydrogen-bond acceptors (Lipinski definition) is 2. The molecular formula is C15H15NO. The van der Waals surface area contributed by atoms with Crippen molar-refractivity contribution < 1.29 is 4.74 Å². The van der Waals surface area contributed by atoms with E-state index in [4.69, 9.17) is 10.00 Å². The van der Waals surface area contributed by atoms with Crippen LogP contribution in [0.15, 0.2) is 54.3 Å². The van der Waals surface area contributed by atoms with Gasteiger partial charge in [0, 0.05) is 11.8 Å². The number of hydrogen-bond donors (Lipinski definition) is 0. The van der Waals surface area contributed by atoms with E-state index in [0.717, 1.165) is 17.7 Å². The predicted molar refractivity (Wildman–Crippen MR) is 67.2 cm³/mol. The Bertz CT molecular complexity index is 481. The summed E-state index contributed by atoms with van der Waals surface area (Å²) in [6, 6.07) is 12.4. The van der Waals surface area contributed by atoms with Crippen molar-refractivity contribution in [2.75, 3.05) is 7.11 Å². The molecule has 2 rings (SSSR count). The molecule has 0 spiro atoms. The molecule has 0 amide bonds. The molecule has 0 aliphatic heterocycles. The Balaban J connectivity index is 2.47. The van der Waals surface area contributed by atoms with Gasteiger partial charge in [0.1, 0.15) is 0 Å². The summed E-state index contributed by atoms with van der Waals surface area (Å²) >= 11 is 0. The van der Waals surface area contributed by atoms with E-state index < -0.39 is 0 Å². The molecule has 0 radical (unpaired) electrons. The fraction of sp³-hybridized carbons (Fsp3) is 0.267. The molecule has 1 unspecified atom stereocenters. The minimum Gasteiger partial charge on any atom is -0.501 e. The summed E-state index contributed by atoms with van der Waals surface area (Å²) in [4.78, 5) is 0. The Morgan fingerprint density at radius 3 is 2.76 bits per heavy atom. The summed E-state index contributed by atoms with van der Waals surface area (Å²) in [5, 5.41) is 9.05. The zero-order valence-electron chi connectivity index (χ0n) is 9.89. The Morgan fingerprint density at radius 1 is 1.35 bits per heavy atom. The first-order valence-electron chi connectivity index (χ1n) is 5.66. The SMILES string of the molecule is COC1=CC(CC#N)(c2ccccc2)C=CC1. The number of rotatable bonds is 3. The third-order valence-electron chi connectivity index (χ3n) is 3.10. The van der Waals surface area contributed by atoms with Gasteiger partial charge in [-0.1, -0.05) is 42.5 Å². The quantitative estimate of drug-likeness (QED) is 0.739. The van der Waals surface area contributed by atoms with Crippen LogP contribution >= 0.6 is 0 Å². The number of ether oxygens (including phenoxy) is 1. The summed E-state index contributed by atoms with van der Waals surface area (Å²) in [7, 11) is 1.67. The number of nitrogens with zero attached hydrogens (tertiary/aromatic N) is 1. The molecular weight excluding hydrogens is 210 g/mol. The maximum absolute atomic E-state index is 9.05. The molecule has 0 heterocycles. The van der Waals surface area contributed by atoms with Crippen molar-refractivity contribution in [3.05, 3.63) is 59.9 Å². The lowest BCUT2D eigenvalue weighted by Crippen LogP contribution is -2.23. The van der Waals surface area contributed by atoms with Crippen LogP contribution < -0.4 is 0 Å². The second kappa shape index (κ2) is 4.88. The second-order valence-electron chi connectivity index (χ2n) is 4.16. The molecule has 86 valence electrons. The Kier molecular flexibility index (Phi) is 3.30. The molecule has 1 aromatic rings. The van der Waals surface area contributed by atoms with Gasteiger partial charge in [-0.25, -0.2) is 0 Å². The molecule has 1 atom stereocenters. The molecule has 0 saturated heterocycles. The van der Waals surface area contributed by atoms with Gasteiger partial charge in [0.05, 0.1) is 25.4 Å². The van der Waals surface area contributed by atoms with E-state index in [2.05, 4.69) is 36.4 Å². The third-order valence-corrected chi connectivity index (χ3v) is 3.10. The van der Waals surface area contributed by atoms with Gasteiger partial charge in [-0.05, 0) is 11.6 Å². The van der Waals surface area contributed by atoms with Crippen LogP contribution in [0.2, 0.25) is 0 Å². The summed E-state index contributed by atoms with van der Waals surface area (Å²) < 4.78 is 5.31. The Labute approximate surface area is 102 Å². The monoisotopic (exact) mass is 225 g/mol. The van der Waals surface area contributed by atoms with Crippen molar-refractivity contribution in [1.29, 1.82) is 5.26 Å². The van der Waals surface area contributed by atoms with Gasteiger partial charge in [-0.2, -0.15) is 5.26 Å². The highest BCUT2D eigenvalue weighted by Gasteiger charge is 2.29. The highest BCUT2D eigenvalue weighted by atomic mass is 16.5. The molecule has 2 heteroatoms. The van der Waals surface area contributed by atoms with Crippen molar-refractivity contribution in [2.24, 2.45) is 0 Å². The van der Waals surface area contributed by atoms with Gasteiger partial charge >= 0.3 is 0 Å². The molecule has 0 fully saturated rings. The third kappa shape index (κ3) is 2.24. The van der Waals surface area contributed by atoms with E-state index in [-0.39, 0.29) is 5.41 Å². The summed E-state index contributed by atoms with van der Waals surface area (Å²) in [5.41, 5.74) is 0.798. The maximum atomic E-state index is 9.05. The lowest BCUT2D eigenvalue weighted by molar-refractivity contribution is 0.277. The summed E-state index contributed by atoms with van der Waals surface area (Å²) in [5.74, 6) is 0.923. The number of methoxy groups -OCH3 is 1. The standard InChI is InChI=1S/C15H15NO/c1-17-14-8-5-9-15(12-14,10-11-16)13-6-3-2-4-7-13/h2-7,9,12H,8,10H2,1H3. The molecule has 17 heavy (non-hydrogen) atoms. The van der Waals surface area contributed by atoms with Crippen LogP contribution in [0, 0.1) is 11.3 Å². The summed E-state index contributed by atoms with van der Waals surface area (Å²) in [6.07, 6.45) is 7.47. The van der Waals surface area contributed by atoms with Gasteiger partial charge in [0.2, 0.25) is 0 Å². The fourth-order valence-electron chi connectivity index (χ4n) is 2.19. The van der Waals surface area contributed by atoms with Gasteiger partial charge in [0.15, 0.2) is 0 Å². The molecule has 1 aliphatic carbocycles. The number of nitriles is 1. The van der Waals surface area contributed by atoms with E-state index in [9.17, 15) is 0 Å². The normalized spacial score (nSPS) is 22.7. The van der Waals surface area contributed by atoms with Crippen molar-refractivity contribution in [2.45, 2.75) is 18.3 Å². The predicted octanol–water partition coefficient (Wildman–Crippen LogP) is 3.33. The second-order valence-corrected chi connectivity index (χ2v) is 4.16. The fourth-order valence-corrected chi connectivity index (χ4v) is 2.19. The van der Waals surface area contributed by atoms with Crippen LogP contribution in [0.5, 0.6) is 0 Å². The van der Waals surface area contributed by atoms with Crippen molar-refractivity contribution in [1.82, 2.24) is 0 Å². The van der Waals surface area contributed by atoms with Crippen LogP contribution in [0.3, 0.4) is 0 Å². The van der Waals surface area contributed by atoms with E-state index in [1.54, 1.807) is 7.11 Å². The first kappa shape index (κ1) is 11.5. The average Bonchev–Trinajstić information content (AvgIpc) is 2.40. The first-order chi connectivity index (χ1) is 8.30. The molecule has 0 saturated carbocycles. The zero-order valence-corrected chi connectivity index (χ0v) is 9.89. The van der Waals surface area contributed by atoms with Gasteiger partial charge < -0.3 is 4.74 Å². The smallest absolute Gasteiger partial charge is 0.0965 e. The molecule has 2 nitrogen and oxygen atoms in total. The minimum atomic E-state index is -0.334. The maximum Gasteiger partial charge on any atom is 0.0965 e. The van der Waals surface area contributed by atoms with Gasteiger partial charge in [-0.15, -0.1) is 0 Å². The van der Waals surface area contributed by atoms with Crippen LogP contribution in [0.1, 0.15) is 18.4 Å². The molecule has 0 N–H and O–H groups in total. The van der Waals surface area contributed by atoms with Crippen molar-refractivity contribution in [3.63, 3.8) is 0 Å². The van der Waals surface area contributed by atoms with Crippen molar-refractivity contribution in [3.8, 4) is 6.07 Å². The zero-order chi connectivity index (χ0) is 12.1. The number of allylic oxidation sites excluding steroid dienone is 3. The van der Waals surface area contributed by atoms with Crippen molar-refractivity contribution >= 4 is 0 Å². The van der Waals surface area contributed by atoms with E-state index >= 15 is 0 Å². The molecule has 0 bridgehead atoms. The largest absolute Gasteiger partial charge is 0.501 e.